The minimum absolute atomic E-state index is 0.0188. The lowest BCUT2D eigenvalue weighted by atomic mass is 9.84. The lowest BCUT2D eigenvalue weighted by Crippen LogP contribution is -2.28. The van der Waals surface area contributed by atoms with Gasteiger partial charge in [-0.25, -0.2) is 21.9 Å². The van der Waals surface area contributed by atoms with E-state index < -0.39 is 32.5 Å². The van der Waals surface area contributed by atoms with E-state index in [0.717, 1.165) is 33.6 Å². The van der Waals surface area contributed by atoms with Gasteiger partial charge in [0.15, 0.2) is 5.82 Å². The topological polar surface area (TPSA) is 92.2 Å². The summed E-state index contributed by atoms with van der Waals surface area (Å²) in [6.07, 6.45) is 4.93. The van der Waals surface area contributed by atoms with E-state index in [4.69, 9.17) is 11.6 Å². The highest BCUT2D eigenvalue weighted by atomic mass is 35.5. The molecule has 1 heterocycles. The van der Waals surface area contributed by atoms with Crippen LogP contribution in [0, 0.1) is 5.82 Å². The molecule has 0 spiro atoms. The predicted octanol–water partition coefficient (Wildman–Crippen LogP) is 4.11. The molecule has 4 rings (SSSR count). The molecular weight excluding hydrogens is 505 g/mol. The monoisotopic (exact) mass is 531 g/mol. The van der Waals surface area contributed by atoms with E-state index in [1.165, 1.54) is 23.6 Å². The second-order valence-electron chi connectivity index (χ2n) is 10.0. The maximum absolute atomic E-state index is 16.1. The van der Waals surface area contributed by atoms with Crippen LogP contribution in [0.2, 0.25) is 5.02 Å². The third-order valence-electron chi connectivity index (χ3n) is 6.34. The zero-order chi connectivity index (χ0) is 26.6. The molecule has 0 fully saturated rings. The van der Waals surface area contributed by atoms with E-state index in [1.54, 1.807) is 6.07 Å². The summed E-state index contributed by atoms with van der Waals surface area (Å²) in [6.45, 7) is 6.05. The number of benzene rings is 2. The zero-order valence-corrected chi connectivity index (χ0v) is 22.2. The Kier molecular flexibility index (Phi) is 6.61. The van der Waals surface area contributed by atoms with Crippen molar-refractivity contribution in [2.75, 3.05) is 19.8 Å². The van der Waals surface area contributed by atoms with Gasteiger partial charge in [-0.1, -0.05) is 56.6 Å². The van der Waals surface area contributed by atoms with Crippen LogP contribution in [0.3, 0.4) is 0 Å². The number of sulfonamides is 1. The first-order valence-corrected chi connectivity index (χ1v) is 13.5. The van der Waals surface area contributed by atoms with Crippen LogP contribution >= 0.6 is 11.6 Å². The smallest absolute Gasteiger partial charge is 0.274 e. The molecule has 3 aromatic rings. The lowest BCUT2D eigenvalue weighted by Gasteiger charge is -2.25. The van der Waals surface area contributed by atoms with Gasteiger partial charge in [-0.3, -0.25) is 14.3 Å². The van der Waals surface area contributed by atoms with Crippen molar-refractivity contribution in [1.82, 2.24) is 13.9 Å². The molecule has 0 amide bonds. The molecule has 1 aliphatic carbocycles. The number of aromatic amines is 1. The van der Waals surface area contributed by atoms with Crippen molar-refractivity contribution in [2.24, 2.45) is 0 Å². The van der Waals surface area contributed by atoms with Crippen LogP contribution in [-0.2, 0) is 21.9 Å². The molecule has 0 unspecified atom stereocenters. The fourth-order valence-corrected chi connectivity index (χ4v) is 5.19. The lowest BCUT2D eigenvalue weighted by molar-refractivity contribution is 0.509. The largest absolute Gasteiger partial charge is 0.333 e. The molecular formula is C26H27ClFN3O4S. The van der Waals surface area contributed by atoms with Crippen LogP contribution in [0.25, 0.3) is 22.4 Å². The first-order valence-electron chi connectivity index (χ1n) is 11.3. The van der Waals surface area contributed by atoms with Crippen LogP contribution in [0.15, 0.2) is 52.2 Å². The summed E-state index contributed by atoms with van der Waals surface area (Å²) in [5, 5.41) is 0.240. The van der Waals surface area contributed by atoms with Gasteiger partial charge in [-0.05, 0) is 45.7 Å². The van der Waals surface area contributed by atoms with Gasteiger partial charge in [0.05, 0.1) is 17.0 Å². The third kappa shape index (κ3) is 4.83. The van der Waals surface area contributed by atoms with E-state index in [1.807, 2.05) is 39.0 Å². The highest BCUT2D eigenvalue weighted by molar-refractivity contribution is 7.88. The average molecular weight is 532 g/mol. The Morgan fingerprint density at radius 2 is 1.86 bits per heavy atom. The third-order valence-corrected chi connectivity index (χ3v) is 7.99. The molecule has 0 aliphatic heterocycles. The van der Waals surface area contributed by atoms with Gasteiger partial charge >= 0.3 is 5.69 Å². The summed E-state index contributed by atoms with van der Waals surface area (Å²) in [6, 6.07) is 8.12. The van der Waals surface area contributed by atoms with Crippen molar-refractivity contribution >= 4 is 27.2 Å². The van der Waals surface area contributed by atoms with Gasteiger partial charge in [0, 0.05) is 31.4 Å². The second-order valence-corrected chi connectivity index (χ2v) is 12.5. The Bertz CT molecular complexity index is 1630. The zero-order valence-electron chi connectivity index (χ0n) is 20.6. The van der Waals surface area contributed by atoms with Gasteiger partial charge in [0.25, 0.3) is 5.56 Å². The molecule has 0 radical (unpaired) electrons. The number of nitrogens with zero attached hydrogens (tertiary/aromatic N) is 2. The first kappa shape index (κ1) is 26.1. The van der Waals surface area contributed by atoms with Crippen LogP contribution in [-0.4, -0.2) is 42.1 Å². The molecule has 190 valence electrons. The molecule has 0 saturated heterocycles. The number of allylic oxidation sites excluding steroid dienone is 1. The summed E-state index contributed by atoms with van der Waals surface area (Å²) >= 11 is 6.78. The highest BCUT2D eigenvalue weighted by Crippen LogP contribution is 2.42. The number of rotatable bonds is 5. The standard InChI is InChI=1S/C26H27ClFN3O4S/c1-26(2,3)19-13-20(31-11-10-21(32)29-25(31)33)24(28)22(23(19)27)16-8-9-18-15(12-16)6-7-17(18)14-30(4)36(5,34)35/h7-13H,6,14H2,1-5H3,(H,29,32,33). The van der Waals surface area contributed by atoms with Crippen molar-refractivity contribution < 1.29 is 12.8 Å². The molecule has 2 aromatic carbocycles. The van der Waals surface area contributed by atoms with Crippen LogP contribution in [0.1, 0.15) is 37.5 Å². The minimum Gasteiger partial charge on any atom is -0.274 e. The van der Waals surface area contributed by atoms with Crippen LogP contribution in [0.5, 0.6) is 0 Å². The van der Waals surface area contributed by atoms with Crippen molar-refractivity contribution in [1.29, 1.82) is 0 Å². The molecule has 36 heavy (non-hydrogen) atoms. The second kappa shape index (κ2) is 9.14. The predicted molar refractivity (Wildman–Crippen MR) is 141 cm³/mol. The van der Waals surface area contributed by atoms with Gasteiger partial charge in [-0.2, -0.15) is 0 Å². The van der Waals surface area contributed by atoms with Gasteiger partial charge in [-0.15, -0.1) is 0 Å². The van der Waals surface area contributed by atoms with Gasteiger partial charge in [0.2, 0.25) is 10.0 Å². The normalized spacial score (nSPS) is 13.7. The number of H-pyrrole nitrogens is 1. The van der Waals surface area contributed by atoms with Crippen LogP contribution in [0.4, 0.5) is 4.39 Å². The number of aromatic nitrogens is 2. The molecule has 1 N–H and O–H groups in total. The Hall–Kier alpha value is -3.01. The number of hydrogen-bond donors (Lipinski definition) is 1. The molecule has 0 bridgehead atoms. The van der Waals surface area contributed by atoms with Crippen molar-refractivity contribution in [3.05, 3.63) is 91.0 Å². The summed E-state index contributed by atoms with van der Waals surface area (Å²) in [5.41, 5.74) is 2.20. The van der Waals surface area contributed by atoms with Crippen LogP contribution < -0.4 is 11.2 Å². The molecule has 0 saturated carbocycles. The number of halogens is 2. The quantitative estimate of drug-likeness (QED) is 0.536. The number of fused-ring (bicyclic) bond motifs is 1. The Morgan fingerprint density at radius 3 is 2.47 bits per heavy atom. The maximum Gasteiger partial charge on any atom is 0.333 e. The number of hydrogen-bond acceptors (Lipinski definition) is 4. The molecule has 0 atom stereocenters. The van der Waals surface area contributed by atoms with Crippen molar-refractivity contribution in [3.8, 4) is 16.8 Å². The van der Waals surface area contributed by atoms with Gasteiger partial charge < -0.3 is 0 Å². The molecule has 7 nitrogen and oxygen atoms in total. The van der Waals surface area contributed by atoms with Crippen molar-refractivity contribution in [3.63, 3.8) is 0 Å². The Balaban J connectivity index is 1.88. The summed E-state index contributed by atoms with van der Waals surface area (Å²) in [7, 11) is -1.81. The van der Waals surface area contributed by atoms with E-state index in [2.05, 4.69) is 4.98 Å². The van der Waals surface area contributed by atoms with E-state index in [0.29, 0.717) is 17.5 Å². The van der Waals surface area contributed by atoms with E-state index in [-0.39, 0.29) is 22.8 Å². The number of likely N-dealkylation sites (N-methyl/N-ethyl adjacent to an activating group) is 1. The van der Waals surface area contributed by atoms with E-state index >= 15 is 4.39 Å². The molecule has 1 aliphatic rings. The molecule has 10 heteroatoms. The van der Waals surface area contributed by atoms with E-state index in [9.17, 15) is 18.0 Å². The maximum atomic E-state index is 16.1. The summed E-state index contributed by atoms with van der Waals surface area (Å²) in [5.74, 6) is -0.690. The SMILES string of the molecule is CN(CC1=CCc2cc(-c3c(F)c(-n4ccc(=O)[nH]c4=O)cc(C(C)(C)C)c3Cl)ccc21)S(C)(=O)=O. The molecule has 1 aromatic heterocycles. The van der Waals surface area contributed by atoms with Crippen molar-refractivity contribution in [2.45, 2.75) is 32.6 Å². The first-order chi connectivity index (χ1) is 16.7. The van der Waals surface area contributed by atoms with Gasteiger partial charge in [0.1, 0.15) is 0 Å². The fourth-order valence-electron chi connectivity index (χ4n) is 4.29. The Labute approximate surface area is 213 Å². The average Bonchev–Trinajstić information content (AvgIpc) is 3.15. The summed E-state index contributed by atoms with van der Waals surface area (Å²) in [4.78, 5) is 26.2. The number of nitrogens with one attached hydrogen (secondary N) is 1. The Morgan fingerprint density at radius 1 is 1.17 bits per heavy atom. The minimum atomic E-state index is -3.34. The fraction of sp³-hybridized carbons (Fsp3) is 0.308. The summed E-state index contributed by atoms with van der Waals surface area (Å²) < 4.78 is 42.1. The highest BCUT2D eigenvalue weighted by Gasteiger charge is 2.27.